The number of carbonyl (C=O) groups excluding carboxylic acids is 1. The third-order valence-electron chi connectivity index (χ3n) is 0.419. The summed E-state index contributed by atoms with van der Waals surface area (Å²) >= 11 is 0. The zero-order valence-electron chi connectivity index (χ0n) is 8.72. The molecule has 1 aromatic heterocycles. The zero-order chi connectivity index (χ0) is 10.7. The molecule has 0 fully saturated rings. The number of nitriles is 1. The van der Waals surface area contributed by atoms with Crippen LogP contribution in [0.25, 0.3) is 0 Å². The molecule has 1 amide bonds. The SMILES string of the molecule is CC#N.CC(N)=O.Cc1nn[n-]n1.[Na+]. The maximum atomic E-state index is 9.22. The molecule has 1 aromatic rings. The van der Waals surface area contributed by atoms with Crippen LogP contribution in [0.2, 0.25) is 0 Å². The molecular weight excluding hydrogens is 195 g/mol. The molecule has 0 radical (unpaired) electrons. The predicted molar refractivity (Wildman–Crippen MR) is 44.0 cm³/mol. The molecule has 0 aliphatic rings. The van der Waals surface area contributed by atoms with E-state index in [-0.39, 0.29) is 35.5 Å². The number of hydrogen-bond donors (Lipinski definition) is 1. The summed E-state index contributed by atoms with van der Waals surface area (Å²) in [5, 5.41) is 20.6. The normalized spacial score (nSPS) is 6.14. The number of aromatic nitrogens is 4. The fourth-order valence-corrected chi connectivity index (χ4v) is 0.189. The number of primary amides is 1. The maximum Gasteiger partial charge on any atom is 1.00 e. The van der Waals surface area contributed by atoms with E-state index in [0.717, 1.165) is 0 Å². The summed E-state index contributed by atoms with van der Waals surface area (Å²) in [6.07, 6.45) is 0. The van der Waals surface area contributed by atoms with Gasteiger partial charge in [-0.3, -0.25) is 20.3 Å². The summed E-state index contributed by atoms with van der Waals surface area (Å²) < 4.78 is 0. The van der Waals surface area contributed by atoms with Gasteiger partial charge in [0.25, 0.3) is 0 Å². The Hall–Kier alpha value is -0.970. The zero-order valence-corrected chi connectivity index (χ0v) is 10.7. The number of rotatable bonds is 0. The van der Waals surface area contributed by atoms with E-state index < -0.39 is 0 Å². The fraction of sp³-hybridized carbons (Fsp3) is 0.500. The first-order chi connectivity index (χ1) is 6.04. The van der Waals surface area contributed by atoms with E-state index in [4.69, 9.17) is 5.26 Å². The Bertz CT molecular complexity index is 250. The van der Waals surface area contributed by atoms with E-state index in [1.807, 2.05) is 0 Å². The van der Waals surface area contributed by atoms with Gasteiger partial charge in [-0.25, -0.2) is 0 Å². The van der Waals surface area contributed by atoms with Crippen LogP contribution in [-0.4, -0.2) is 21.3 Å². The van der Waals surface area contributed by atoms with Crippen LogP contribution in [0.1, 0.15) is 19.7 Å². The molecule has 0 aliphatic heterocycles. The molecule has 8 heteroatoms. The molecule has 0 saturated heterocycles. The molecule has 72 valence electrons. The topological polar surface area (TPSA) is 120 Å². The standard InChI is InChI=1S/C2H3N4.C2H5NO.C2H3N.Na/c1-2-3-5-6-4-2;1-2(3)4;1-2-3;/h1H3;1H3,(H2,3,4);1H3;/q-1;;;+1. The van der Waals surface area contributed by atoms with Crippen molar-refractivity contribution >= 4 is 5.91 Å². The molecule has 0 saturated carbocycles. The molecule has 2 N–H and O–H groups in total. The minimum atomic E-state index is -0.333. The van der Waals surface area contributed by atoms with Crippen LogP contribution in [0.5, 0.6) is 0 Å². The maximum absolute atomic E-state index is 9.22. The van der Waals surface area contributed by atoms with Gasteiger partial charge >= 0.3 is 29.6 Å². The fourth-order valence-electron chi connectivity index (χ4n) is 0.189. The van der Waals surface area contributed by atoms with Gasteiger partial charge in [0.05, 0.1) is 6.07 Å². The van der Waals surface area contributed by atoms with Crippen molar-refractivity contribution in [1.82, 2.24) is 20.6 Å². The second-order valence-corrected chi connectivity index (χ2v) is 1.76. The molecule has 1 rings (SSSR count). The van der Waals surface area contributed by atoms with Crippen LogP contribution < -0.4 is 40.5 Å². The van der Waals surface area contributed by atoms with E-state index in [0.29, 0.717) is 5.82 Å². The van der Waals surface area contributed by atoms with Gasteiger partial charge in [0.15, 0.2) is 0 Å². The predicted octanol–water partition coefficient (Wildman–Crippen LogP) is -3.84. The molecule has 0 aliphatic carbocycles. The number of hydrogen-bond acceptors (Lipinski definition) is 5. The van der Waals surface area contributed by atoms with Gasteiger partial charge in [0, 0.05) is 19.7 Å². The molecule has 14 heavy (non-hydrogen) atoms. The monoisotopic (exact) mass is 206 g/mol. The largest absolute Gasteiger partial charge is 1.00 e. The number of carbonyl (C=O) groups is 1. The summed E-state index contributed by atoms with van der Waals surface area (Å²) in [7, 11) is 0. The van der Waals surface area contributed by atoms with Crippen LogP contribution in [0.4, 0.5) is 0 Å². The van der Waals surface area contributed by atoms with Crippen molar-refractivity contribution in [1.29, 1.82) is 5.26 Å². The van der Waals surface area contributed by atoms with Crippen LogP contribution in [0.15, 0.2) is 0 Å². The Morgan fingerprint density at radius 3 is 2.07 bits per heavy atom. The van der Waals surface area contributed by atoms with E-state index in [1.165, 1.54) is 13.8 Å². The van der Waals surface area contributed by atoms with Crippen LogP contribution in [-0.2, 0) is 4.79 Å². The van der Waals surface area contributed by atoms with E-state index in [2.05, 4.69) is 26.4 Å². The van der Waals surface area contributed by atoms with Crippen molar-refractivity contribution in [3.8, 4) is 6.07 Å². The van der Waals surface area contributed by atoms with Crippen LogP contribution in [0, 0.1) is 18.3 Å². The molecule has 0 unspecified atom stereocenters. The average Bonchev–Trinajstić information content (AvgIpc) is 2.39. The number of nitrogens with two attached hydrogens (primary N) is 1. The Kier molecular flexibility index (Phi) is 19.5. The minimum absolute atomic E-state index is 0. The van der Waals surface area contributed by atoms with Crippen molar-refractivity contribution in [2.24, 2.45) is 5.73 Å². The van der Waals surface area contributed by atoms with Gasteiger partial charge in [0.2, 0.25) is 5.91 Å². The summed E-state index contributed by atoms with van der Waals surface area (Å²) in [5.41, 5.74) is 4.47. The van der Waals surface area contributed by atoms with Gasteiger partial charge in [-0.05, 0) is 6.92 Å². The van der Waals surface area contributed by atoms with Gasteiger partial charge in [-0.15, -0.1) is 0 Å². The number of amides is 1. The third kappa shape index (κ3) is 30.5. The second-order valence-electron chi connectivity index (χ2n) is 1.76. The first-order valence-electron chi connectivity index (χ1n) is 3.26. The number of tetrazole rings is 1. The third-order valence-corrected chi connectivity index (χ3v) is 0.419. The molecule has 1 heterocycles. The van der Waals surface area contributed by atoms with Gasteiger partial charge in [-0.2, -0.15) is 5.26 Å². The average molecular weight is 206 g/mol. The van der Waals surface area contributed by atoms with Crippen molar-refractivity contribution in [2.45, 2.75) is 20.8 Å². The molecule has 0 bridgehead atoms. The summed E-state index contributed by atoms with van der Waals surface area (Å²) in [4.78, 5) is 9.22. The Balaban J connectivity index is -0.000000135. The van der Waals surface area contributed by atoms with E-state index in [9.17, 15) is 4.79 Å². The van der Waals surface area contributed by atoms with Crippen molar-refractivity contribution in [3.05, 3.63) is 5.82 Å². The summed E-state index contributed by atoms with van der Waals surface area (Å²) in [5.74, 6) is 0.287. The Morgan fingerprint density at radius 2 is 2.00 bits per heavy atom. The van der Waals surface area contributed by atoms with Gasteiger partial charge in [-0.1, -0.05) is 0 Å². The van der Waals surface area contributed by atoms with E-state index >= 15 is 0 Å². The first kappa shape index (κ1) is 18.7. The van der Waals surface area contributed by atoms with Crippen molar-refractivity contribution < 1.29 is 34.4 Å². The molecule has 0 spiro atoms. The smallest absolute Gasteiger partial charge is 0.370 e. The van der Waals surface area contributed by atoms with Gasteiger partial charge in [0.1, 0.15) is 0 Å². The van der Waals surface area contributed by atoms with Gasteiger partial charge < -0.3 is 10.8 Å². The minimum Gasteiger partial charge on any atom is -0.370 e. The molecule has 0 atom stereocenters. The molecular formula is C6H11N6NaO. The summed E-state index contributed by atoms with van der Waals surface area (Å²) in [6.45, 7) is 4.47. The second kappa shape index (κ2) is 14.5. The number of nitrogens with zero attached hydrogens (tertiary/aromatic N) is 5. The number of aryl methyl sites for hydroxylation is 1. The summed E-state index contributed by atoms with van der Waals surface area (Å²) in [6, 6.07) is 1.75. The Morgan fingerprint density at radius 1 is 1.64 bits per heavy atom. The Labute approximate surface area is 104 Å². The molecule has 0 aromatic carbocycles. The quantitative estimate of drug-likeness (QED) is 0.434. The van der Waals surface area contributed by atoms with Crippen molar-refractivity contribution in [2.75, 3.05) is 0 Å². The van der Waals surface area contributed by atoms with E-state index in [1.54, 1.807) is 13.0 Å². The van der Waals surface area contributed by atoms with Crippen LogP contribution in [0.3, 0.4) is 0 Å². The van der Waals surface area contributed by atoms with Crippen molar-refractivity contribution in [3.63, 3.8) is 0 Å². The molecule has 7 nitrogen and oxygen atoms in total. The first-order valence-corrected chi connectivity index (χ1v) is 3.26. The van der Waals surface area contributed by atoms with Crippen LogP contribution >= 0.6 is 0 Å².